The van der Waals surface area contributed by atoms with E-state index in [0.29, 0.717) is 24.1 Å². The molecule has 2 N–H and O–H groups in total. The Hall–Kier alpha value is -0.430. The van der Waals surface area contributed by atoms with Crippen LogP contribution in [0.4, 0.5) is 0 Å². The number of benzene rings is 1. The zero-order valence-corrected chi connectivity index (χ0v) is 12.4. The van der Waals surface area contributed by atoms with Gasteiger partial charge in [0.15, 0.2) is 0 Å². The quantitative estimate of drug-likeness (QED) is 0.901. The maximum Gasteiger partial charge on any atom is 0.244 e. The fourth-order valence-electron chi connectivity index (χ4n) is 1.58. The van der Waals surface area contributed by atoms with Crippen molar-refractivity contribution >= 4 is 26.0 Å². The highest BCUT2D eigenvalue weighted by molar-refractivity contribution is 9.10. The minimum absolute atomic E-state index is 0.282. The van der Waals surface area contributed by atoms with Crippen LogP contribution in [0.3, 0.4) is 0 Å². The lowest BCUT2D eigenvalue weighted by Crippen LogP contribution is -2.31. The zero-order valence-electron chi connectivity index (χ0n) is 9.98. The van der Waals surface area contributed by atoms with Gasteiger partial charge in [-0.25, -0.2) is 8.42 Å². The van der Waals surface area contributed by atoms with Crippen LogP contribution >= 0.6 is 15.9 Å². The van der Waals surface area contributed by atoms with E-state index in [1.54, 1.807) is 12.1 Å². The number of rotatable bonds is 5. The third-order valence-electron chi connectivity index (χ3n) is 2.55. The minimum atomic E-state index is -3.43. The SMILES string of the molecule is CCN(CC)S(=O)(=O)c1cc(CN)ccc1Br. The summed E-state index contributed by atoms with van der Waals surface area (Å²) in [7, 11) is -3.43. The average molecular weight is 321 g/mol. The highest BCUT2D eigenvalue weighted by atomic mass is 79.9. The van der Waals surface area contributed by atoms with Gasteiger partial charge in [0.25, 0.3) is 0 Å². The van der Waals surface area contributed by atoms with Gasteiger partial charge < -0.3 is 5.73 Å². The standard InChI is InChI=1S/C11H17BrN2O2S/c1-3-14(4-2)17(15,16)11-7-9(8-13)5-6-10(11)12/h5-7H,3-4,8,13H2,1-2H3. The number of halogens is 1. The fourth-order valence-corrected chi connectivity index (χ4v) is 4.01. The van der Waals surface area contributed by atoms with Crippen molar-refractivity contribution in [1.82, 2.24) is 4.31 Å². The van der Waals surface area contributed by atoms with Crippen molar-refractivity contribution in [3.8, 4) is 0 Å². The van der Waals surface area contributed by atoms with Crippen LogP contribution in [0.5, 0.6) is 0 Å². The Labute approximate surface area is 111 Å². The Kier molecular flexibility index (Phi) is 5.12. The van der Waals surface area contributed by atoms with Gasteiger partial charge in [0.2, 0.25) is 10.0 Å². The number of hydrogen-bond donors (Lipinski definition) is 1. The number of nitrogens with two attached hydrogens (primary N) is 1. The average Bonchev–Trinajstić information content (AvgIpc) is 2.30. The molecule has 6 heteroatoms. The molecule has 0 aliphatic carbocycles. The van der Waals surface area contributed by atoms with Crippen molar-refractivity contribution in [2.24, 2.45) is 5.73 Å². The Morgan fingerprint density at radius 1 is 1.29 bits per heavy atom. The van der Waals surface area contributed by atoms with E-state index in [2.05, 4.69) is 15.9 Å². The van der Waals surface area contributed by atoms with Gasteiger partial charge in [-0.15, -0.1) is 0 Å². The largest absolute Gasteiger partial charge is 0.326 e. The Bertz CT molecular complexity index is 484. The van der Waals surface area contributed by atoms with Crippen molar-refractivity contribution in [1.29, 1.82) is 0 Å². The van der Waals surface area contributed by atoms with Crippen LogP contribution in [0.15, 0.2) is 27.6 Å². The molecule has 0 spiro atoms. The van der Waals surface area contributed by atoms with E-state index in [0.717, 1.165) is 5.56 Å². The summed E-state index contributed by atoms with van der Waals surface area (Å²) in [4.78, 5) is 0.282. The second kappa shape index (κ2) is 5.95. The Morgan fingerprint density at radius 2 is 1.88 bits per heavy atom. The predicted molar refractivity (Wildman–Crippen MR) is 72.1 cm³/mol. The second-order valence-electron chi connectivity index (χ2n) is 3.56. The summed E-state index contributed by atoms with van der Waals surface area (Å²) in [6.45, 7) is 4.88. The van der Waals surface area contributed by atoms with Gasteiger partial charge in [-0.2, -0.15) is 4.31 Å². The molecule has 0 fully saturated rings. The maximum atomic E-state index is 12.3. The van der Waals surface area contributed by atoms with Crippen LogP contribution in [0.1, 0.15) is 19.4 Å². The molecule has 4 nitrogen and oxygen atoms in total. The molecular formula is C11H17BrN2O2S. The van der Waals surface area contributed by atoms with Crippen LogP contribution in [0.25, 0.3) is 0 Å². The third kappa shape index (κ3) is 3.07. The molecule has 0 aliphatic rings. The number of sulfonamides is 1. The van der Waals surface area contributed by atoms with E-state index < -0.39 is 10.0 Å². The molecule has 1 aromatic carbocycles. The zero-order chi connectivity index (χ0) is 13.1. The lowest BCUT2D eigenvalue weighted by molar-refractivity contribution is 0.445. The van der Waals surface area contributed by atoms with Crippen molar-refractivity contribution < 1.29 is 8.42 Å². The van der Waals surface area contributed by atoms with Crippen molar-refractivity contribution in [3.05, 3.63) is 28.2 Å². The predicted octanol–water partition coefficient (Wildman–Crippen LogP) is 1.94. The van der Waals surface area contributed by atoms with Gasteiger partial charge in [0.05, 0.1) is 4.90 Å². The molecule has 1 aromatic rings. The van der Waals surface area contributed by atoms with Crippen LogP contribution in [0, 0.1) is 0 Å². The summed E-state index contributed by atoms with van der Waals surface area (Å²) in [6.07, 6.45) is 0. The number of nitrogens with zero attached hydrogens (tertiary/aromatic N) is 1. The van der Waals surface area contributed by atoms with Crippen LogP contribution in [-0.4, -0.2) is 25.8 Å². The van der Waals surface area contributed by atoms with Gasteiger partial charge in [-0.3, -0.25) is 0 Å². The first kappa shape index (κ1) is 14.6. The Morgan fingerprint density at radius 3 is 2.35 bits per heavy atom. The summed E-state index contributed by atoms with van der Waals surface area (Å²) in [5, 5.41) is 0. The fraction of sp³-hybridized carbons (Fsp3) is 0.455. The molecular weight excluding hydrogens is 304 g/mol. The normalized spacial score (nSPS) is 12.1. The molecule has 1 rings (SSSR count). The van der Waals surface area contributed by atoms with Gasteiger partial charge >= 0.3 is 0 Å². The lowest BCUT2D eigenvalue weighted by Gasteiger charge is -2.19. The smallest absolute Gasteiger partial charge is 0.244 e. The van der Waals surface area contributed by atoms with E-state index in [-0.39, 0.29) is 4.90 Å². The van der Waals surface area contributed by atoms with E-state index >= 15 is 0 Å². The first-order chi connectivity index (χ1) is 7.97. The molecule has 0 unspecified atom stereocenters. The maximum absolute atomic E-state index is 12.3. The molecule has 0 atom stereocenters. The van der Waals surface area contributed by atoms with E-state index in [1.165, 1.54) is 4.31 Å². The molecule has 0 bridgehead atoms. The van der Waals surface area contributed by atoms with Gasteiger partial charge in [0, 0.05) is 24.1 Å². The van der Waals surface area contributed by atoms with Crippen LogP contribution in [0.2, 0.25) is 0 Å². The monoisotopic (exact) mass is 320 g/mol. The topological polar surface area (TPSA) is 63.4 Å². The van der Waals surface area contributed by atoms with Crippen LogP contribution < -0.4 is 5.73 Å². The number of hydrogen-bond acceptors (Lipinski definition) is 3. The van der Waals surface area contributed by atoms with Gasteiger partial charge in [-0.05, 0) is 33.6 Å². The van der Waals surface area contributed by atoms with E-state index in [9.17, 15) is 8.42 Å². The molecule has 0 saturated heterocycles. The molecule has 0 radical (unpaired) electrons. The summed E-state index contributed by atoms with van der Waals surface area (Å²) < 4.78 is 26.7. The van der Waals surface area contributed by atoms with E-state index in [4.69, 9.17) is 5.73 Å². The summed E-state index contributed by atoms with van der Waals surface area (Å²) >= 11 is 3.28. The summed E-state index contributed by atoms with van der Waals surface area (Å²) in [5.74, 6) is 0. The van der Waals surface area contributed by atoms with Gasteiger partial charge in [-0.1, -0.05) is 19.9 Å². The Balaban J connectivity index is 3.31. The third-order valence-corrected chi connectivity index (χ3v) is 5.60. The minimum Gasteiger partial charge on any atom is -0.326 e. The molecule has 17 heavy (non-hydrogen) atoms. The molecule has 0 aromatic heterocycles. The van der Waals surface area contributed by atoms with Crippen molar-refractivity contribution in [3.63, 3.8) is 0 Å². The molecule has 0 heterocycles. The summed E-state index contributed by atoms with van der Waals surface area (Å²) in [6, 6.07) is 5.15. The lowest BCUT2D eigenvalue weighted by atomic mass is 10.2. The highest BCUT2D eigenvalue weighted by Crippen LogP contribution is 2.26. The van der Waals surface area contributed by atoms with Crippen LogP contribution in [-0.2, 0) is 16.6 Å². The molecule has 0 amide bonds. The summed E-state index contributed by atoms with van der Waals surface area (Å²) in [5.41, 5.74) is 6.33. The van der Waals surface area contributed by atoms with Crippen molar-refractivity contribution in [2.45, 2.75) is 25.3 Å². The molecule has 0 saturated carbocycles. The highest BCUT2D eigenvalue weighted by Gasteiger charge is 2.24. The van der Waals surface area contributed by atoms with Gasteiger partial charge in [0.1, 0.15) is 0 Å². The first-order valence-corrected chi connectivity index (χ1v) is 7.69. The first-order valence-electron chi connectivity index (χ1n) is 5.46. The molecule has 96 valence electrons. The second-order valence-corrected chi connectivity index (χ2v) is 6.32. The van der Waals surface area contributed by atoms with E-state index in [1.807, 2.05) is 19.9 Å². The molecule has 0 aliphatic heterocycles. The van der Waals surface area contributed by atoms with Crippen molar-refractivity contribution in [2.75, 3.05) is 13.1 Å².